The Balaban J connectivity index is 2.29. The maximum Gasteiger partial charge on any atom is 0.0320 e. The van der Waals surface area contributed by atoms with Gasteiger partial charge in [0.2, 0.25) is 0 Å². The fourth-order valence-corrected chi connectivity index (χ4v) is 2.33. The lowest BCUT2D eigenvalue weighted by atomic mass is 10.2. The van der Waals surface area contributed by atoms with Crippen LogP contribution in [0.4, 0.5) is 0 Å². The molecule has 0 aliphatic heterocycles. The number of benzene rings is 1. The van der Waals surface area contributed by atoms with Crippen molar-refractivity contribution in [3.8, 4) is 0 Å². The van der Waals surface area contributed by atoms with E-state index in [2.05, 4.69) is 68.6 Å². The lowest BCUT2D eigenvalue weighted by Gasteiger charge is -2.09. The number of hydrogen-bond acceptors (Lipinski definition) is 2. The second-order valence-electron chi connectivity index (χ2n) is 3.76. The Morgan fingerprint density at radius 1 is 1.31 bits per heavy atom. The Bertz CT molecular complexity index is 331. The molecular formula is C12H17Br2NS. The van der Waals surface area contributed by atoms with E-state index in [1.165, 1.54) is 12.0 Å². The first-order chi connectivity index (χ1) is 7.63. The average molecular weight is 367 g/mol. The first-order valence-electron chi connectivity index (χ1n) is 5.31. The molecule has 0 aromatic heterocycles. The molecule has 16 heavy (non-hydrogen) atoms. The summed E-state index contributed by atoms with van der Waals surface area (Å²) in [5, 5.41) is 4.20. The van der Waals surface area contributed by atoms with Crippen LogP contribution in [0.15, 0.2) is 27.1 Å². The summed E-state index contributed by atoms with van der Waals surface area (Å²) in [6, 6.07) is 6.36. The van der Waals surface area contributed by atoms with Crippen molar-refractivity contribution in [2.24, 2.45) is 0 Å². The number of halogens is 2. The van der Waals surface area contributed by atoms with E-state index in [1.54, 1.807) is 0 Å². The van der Waals surface area contributed by atoms with E-state index in [4.69, 9.17) is 0 Å². The van der Waals surface area contributed by atoms with Crippen LogP contribution in [-0.2, 0) is 6.54 Å². The van der Waals surface area contributed by atoms with E-state index in [0.717, 1.165) is 27.3 Å². The molecule has 0 aliphatic rings. The Labute approximate surface area is 119 Å². The van der Waals surface area contributed by atoms with Crippen LogP contribution < -0.4 is 5.32 Å². The minimum Gasteiger partial charge on any atom is -0.313 e. The number of hydrogen-bond donors (Lipinski definition) is 1. The topological polar surface area (TPSA) is 12.0 Å². The summed E-state index contributed by atoms with van der Waals surface area (Å²) in [6.45, 7) is 4.28. The minimum atomic E-state index is 0.740. The third kappa shape index (κ3) is 5.21. The minimum absolute atomic E-state index is 0.740. The van der Waals surface area contributed by atoms with Crippen LogP contribution in [-0.4, -0.2) is 18.1 Å². The zero-order valence-corrected chi connectivity index (χ0v) is 13.6. The van der Waals surface area contributed by atoms with E-state index < -0.39 is 0 Å². The third-order valence-electron chi connectivity index (χ3n) is 2.44. The summed E-state index contributed by atoms with van der Waals surface area (Å²) in [7, 11) is 0. The number of thioether (sulfide) groups is 1. The van der Waals surface area contributed by atoms with Gasteiger partial charge in [-0.1, -0.05) is 13.0 Å². The van der Waals surface area contributed by atoms with Crippen molar-refractivity contribution in [1.29, 1.82) is 0 Å². The Morgan fingerprint density at radius 2 is 2.06 bits per heavy atom. The summed E-state index contributed by atoms with van der Waals surface area (Å²) >= 11 is 8.90. The normalized spacial score (nSPS) is 12.8. The summed E-state index contributed by atoms with van der Waals surface area (Å²) in [6.07, 6.45) is 3.38. The Morgan fingerprint density at radius 3 is 2.69 bits per heavy atom. The SMILES string of the molecule is CSC(C)CCNCc1ccc(Br)c(Br)c1. The first kappa shape index (κ1) is 14.6. The van der Waals surface area contributed by atoms with Gasteiger partial charge >= 0.3 is 0 Å². The maximum absolute atomic E-state index is 3.51. The highest BCUT2D eigenvalue weighted by Gasteiger charge is 2.00. The van der Waals surface area contributed by atoms with Crippen LogP contribution in [0.1, 0.15) is 18.9 Å². The molecule has 0 saturated heterocycles. The molecule has 0 aliphatic carbocycles. The van der Waals surface area contributed by atoms with Gasteiger partial charge < -0.3 is 5.32 Å². The quantitative estimate of drug-likeness (QED) is 0.746. The molecule has 1 aromatic carbocycles. The molecule has 4 heteroatoms. The van der Waals surface area contributed by atoms with Crippen molar-refractivity contribution < 1.29 is 0 Å². The molecule has 0 spiro atoms. The zero-order valence-electron chi connectivity index (χ0n) is 9.59. The molecule has 0 amide bonds. The van der Waals surface area contributed by atoms with E-state index in [1.807, 2.05) is 11.8 Å². The molecule has 0 saturated carbocycles. The average Bonchev–Trinajstić information content (AvgIpc) is 2.28. The molecule has 1 aromatic rings. The van der Waals surface area contributed by atoms with Crippen molar-refractivity contribution in [2.45, 2.75) is 25.1 Å². The van der Waals surface area contributed by atoms with Gasteiger partial charge in [-0.15, -0.1) is 0 Å². The summed E-state index contributed by atoms with van der Waals surface area (Å²) in [4.78, 5) is 0. The van der Waals surface area contributed by atoms with Gasteiger partial charge in [-0.05, 0) is 68.8 Å². The monoisotopic (exact) mass is 365 g/mol. The van der Waals surface area contributed by atoms with Crippen molar-refractivity contribution in [3.05, 3.63) is 32.7 Å². The van der Waals surface area contributed by atoms with Crippen LogP contribution >= 0.6 is 43.6 Å². The second kappa shape index (κ2) is 7.75. The predicted octanol–water partition coefficient (Wildman–Crippen LogP) is 4.44. The first-order valence-corrected chi connectivity index (χ1v) is 8.18. The second-order valence-corrected chi connectivity index (χ2v) is 6.75. The van der Waals surface area contributed by atoms with E-state index in [0.29, 0.717) is 0 Å². The molecule has 0 heterocycles. The number of nitrogens with one attached hydrogen (secondary N) is 1. The Kier molecular flexibility index (Phi) is 7.04. The number of rotatable bonds is 6. The summed E-state index contributed by atoms with van der Waals surface area (Å²) in [5.41, 5.74) is 1.31. The van der Waals surface area contributed by atoms with Gasteiger partial charge in [0.05, 0.1) is 0 Å². The smallest absolute Gasteiger partial charge is 0.0320 e. The van der Waals surface area contributed by atoms with Gasteiger partial charge in [0.15, 0.2) is 0 Å². The van der Waals surface area contributed by atoms with Crippen LogP contribution in [0, 0.1) is 0 Å². The largest absolute Gasteiger partial charge is 0.313 e. The van der Waals surface area contributed by atoms with E-state index in [-0.39, 0.29) is 0 Å². The highest BCUT2D eigenvalue weighted by atomic mass is 79.9. The van der Waals surface area contributed by atoms with Gasteiger partial charge in [-0.3, -0.25) is 0 Å². The predicted molar refractivity (Wildman–Crippen MR) is 81.1 cm³/mol. The molecule has 1 rings (SSSR count). The van der Waals surface area contributed by atoms with Crippen LogP contribution in [0.3, 0.4) is 0 Å². The Hall–Kier alpha value is 0.490. The van der Waals surface area contributed by atoms with Gasteiger partial charge in [0.1, 0.15) is 0 Å². The lowest BCUT2D eigenvalue weighted by Crippen LogP contribution is -2.17. The summed E-state index contributed by atoms with van der Waals surface area (Å²) < 4.78 is 2.22. The maximum atomic E-state index is 3.51. The fourth-order valence-electron chi connectivity index (χ4n) is 1.31. The molecule has 90 valence electrons. The van der Waals surface area contributed by atoms with E-state index >= 15 is 0 Å². The molecular weight excluding hydrogens is 350 g/mol. The van der Waals surface area contributed by atoms with Crippen molar-refractivity contribution in [2.75, 3.05) is 12.8 Å². The standard InChI is InChI=1S/C12H17Br2NS/c1-9(16-2)5-6-15-8-10-3-4-11(13)12(14)7-10/h3-4,7,9,15H,5-6,8H2,1-2H3. The fraction of sp³-hybridized carbons (Fsp3) is 0.500. The molecule has 1 nitrogen and oxygen atoms in total. The third-order valence-corrected chi connectivity index (χ3v) is 5.36. The van der Waals surface area contributed by atoms with Gasteiger partial charge in [-0.25, -0.2) is 0 Å². The van der Waals surface area contributed by atoms with Crippen LogP contribution in [0.5, 0.6) is 0 Å². The molecule has 1 atom stereocenters. The van der Waals surface area contributed by atoms with Crippen LogP contribution in [0.2, 0.25) is 0 Å². The van der Waals surface area contributed by atoms with Crippen molar-refractivity contribution in [1.82, 2.24) is 5.32 Å². The molecule has 0 bridgehead atoms. The van der Waals surface area contributed by atoms with Crippen molar-refractivity contribution >= 4 is 43.6 Å². The highest BCUT2D eigenvalue weighted by Crippen LogP contribution is 2.23. The zero-order chi connectivity index (χ0) is 12.0. The lowest BCUT2D eigenvalue weighted by molar-refractivity contribution is 0.648. The van der Waals surface area contributed by atoms with Crippen molar-refractivity contribution in [3.63, 3.8) is 0 Å². The van der Waals surface area contributed by atoms with Gasteiger partial charge in [-0.2, -0.15) is 11.8 Å². The van der Waals surface area contributed by atoms with Gasteiger partial charge in [0, 0.05) is 20.7 Å². The summed E-state index contributed by atoms with van der Waals surface area (Å²) in [5.74, 6) is 0. The highest BCUT2D eigenvalue weighted by molar-refractivity contribution is 9.13. The van der Waals surface area contributed by atoms with Crippen LogP contribution in [0.25, 0.3) is 0 Å². The van der Waals surface area contributed by atoms with E-state index in [9.17, 15) is 0 Å². The molecule has 1 N–H and O–H groups in total. The molecule has 0 fully saturated rings. The van der Waals surface area contributed by atoms with Gasteiger partial charge in [0.25, 0.3) is 0 Å². The molecule has 0 radical (unpaired) electrons. The molecule has 1 unspecified atom stereocenters.